The Labute approximate surface area is 717 Å². The van der Waals surface area contributed by atoms with Crippen LogP contribution >= 0.6 is 23.1 Å². The minimum absolute atomic E-state index is 0.0578. The van der Waals surface area contributed by atoms with Crippen LogP contribution in [0.5, 0.6) is 57.5 Å². The van der Waals surface area contributed by atoms with Crippen molar-refractivity contribution in [2.24, 2.45) is 16.8 Å². The Morgan fingerprint density at radius 2 is 1.07 bits per heavy atom. The molecule has 7 aromatic carbocycles. The molecule has 5 aliphatic rings. The Balaban J connectivity index is 0.000000190. The normalized spacial score (nSPS) is 16.0. The number of benzene rings is 7. The maximum Gasteiger partial charge on any atom is 0.350 e. The van der Waals surface area contributed by atoms with Crippen LogP contribution in [0.15, 0.2) is 173 Å². The van der Waals surface area contributed by atoms with E-state index < -0.39 is 46.6 Å². The van der Waals surface area contributed by atoms with E-state index in [1.807, 2.05) is 115 Å². The van der Waals surface area contributed by atoms with Gasteiger partial charge in [-0.15, -0.1) is 23.1 Å². The number of ketones is 1. The van der Waals surface area contributed by atoms with Crippen molar-refractivity contribution in [3.8, 4) is 57.5 Å². The number of phenolic OH excluding ortho intramolecular Hbond substituents is 2. The first kappa shape index (κ1) is 92.1. The highest BCUT2D eigenvalue weighted by Crippen LogP contribution is 2.46. The van der Waals surface area contributed by atoms with Gasteiger partial charge in [0.2, 0.25) is 11.5 Å². The van der Waals surface area contributed by atoms with Crippen molar-refractivity contribution in [3.05, 3.63) is 196 Å². The number of nitrogens with one attached hydrogen (secondary N) is 4. The molecule has 652 valence electrons. The number of aromatic nitrogens is 1. The predicted molar refractivity (Wildman–Crippen MR) is 464 cm³/mol. The number of hydrogen-bond donors (Lipinski definition) is 10. The molecule has 1 aromatic heterocycles. The van der Waals surface area contributed by atoms with E-state index in [1.165, 1.54) is 92.9 Å². The first-order chi connectivity index (χ1) is 58.8. The van der Waals surface area contributed by atoms with Crippen molar-refractivity contribution in [2.45, 2.75) is 96.2 Å². The van der Waals surface area contributed by atoms with Gasteiger partial charge in [-0.1, -0.05) is 53.7 Å². The van der Waals surface area contributed by atoms with Gasteiger partial charge in [-0.2, -0.15) is 0 Å². The third-order valence-corrected chi connectivity index (χ3v) is 22.8. The van der Waals surface area contributed by atoms with Crippen molar-refractivity contribution >= 4 is 86.7 Å². The Hall–Kier alpha value is -12.2. The van der Waals surface area contributed by atoms with Gasteiger partial charge in [-0.3, -0.25) is 14.5 Å². The number of carboxylic acid groups (broad SMARTS) is 2. The summed E-state index contributed by atoms with van der Waals surface area (Å²) in [6.07, 6.45) is 6.67. The molecule has 0 saturated carbocycles. The number of nitrogens with two attached hydrogens (primary N) is 3. The summed E-state index contributed by atoms with van der Waals surface area (Å²) in [6, 6.07) is 44.8. The quantitative estimate of drug-likeness (QED) is 0.00332. The number of thiazole rings is 1. The summed E-state index contributed by atoms with van der Waals surface area (Å²) in [7, 11) is 6.57. The SMILES string of the molecule is CC(C)(O/N=C(/C(=O)CC1C(=O)N2C(C(=O)[O-])=C(C[N+]3(CCNC(=O)Nc4ccc(O)c(O)c4)CCCC3)CSC12)c1csc(N)n1)C(=O)O.COc1ccc(COc2ccc(N)cc2OCc2ccc(OC)cc2)cc1.COc1ccc(COc2ccc(NC(=O)NCCN3CCCC3)cc2OCc2ccc(OC)cc2)cc1.NCCN1CCCC1. The van der Waals surface area contributed by atoms with E-state index in [2.05, 4.69) is 41.2 Å². The number of thioether (sulfide) groups is 1. The smallest absolute Gasteiger partial charge is 0.350 e. The molecule has 4 fully saturated rings. The number of aromatic hydroxyl groups is 2. The number of hydrogen-bond acceptors (Lipinski definition) is 27. The number of amides is 5. The monoisotopic (exact) mass is 1720 g/mol. The molecule has 0 spiro atoms. The maximum absolute atomic E-state index is 13.5. The van der Waals surface area contributed by atoms with E-state index in [0.29, 0.717) is 90.5 Å². The first-order valence-corrected chi connectivity index (χ1v) is 42.1. The molecule has 0 bridgehead atoms. The molecular weight excluding hydrogens is 1610 g/mol. The highest BCUT2D eigenvalue weighted by molar-refractivity contribution is 8.00. The van der Waals surface area contributed by atoms with E-state index in [9.17, 15) is 49.2 Å². The summed E-state index contributed by atoms with van der Waals surface area (Å²) >= 11 is 2.37. The summed E-state index contributed by atoms with van der Waals surface area (Å²) in [4.78, 5) is 91.1. The number of oxime groups is 1. The molecule has 2 atom stereocenters. The largest absolute Gasteiger partial charge is 0.543 e. The van der Waals surface area contributed by atoms with Gasteiger partial charge >= 0.3 is 18.0 Å². The fourth-order valence-electron chi connectivity index (χ4n) is 13.9. The van der Waals surface area contributed by atoms with Crippen molar-refractivity contribution < 1.29 is 96.4 Å². The number of nitrogens with zero attached hydrogens (tertiary/aromatic N) is 6. The number of carbonyl (C=O) groups excluding carboxylic acids is 5. The molecule has 32 nitrogen and oxygen atoms in total. The Morgan fingerprint density at radius 1 is 0.598 bits per heavy atom. The lowest BCUT2D eigenvalue weighted by molar-refractivity contribution is -0.911. The van der Waals surface area contributed by atoms with E-state index in [0.717, 1.165) is 115 Å². The first-order valence-electron chi connectivity index (χ1n) is 40.1. The number of nitrogen functional groups attached to an aromatic ring is 2. The van der Waals surface area contributed by atoms with Crippen LogP contribution in [0.3, 0.4) is 0 Å². The number of anilines is 4. The summed E-state index contributed by atoms with van der Waals surface area (Å²) in [5.41, 5.74) is 20.9. The summed E-state index contributed by atoms with van der Waals surface area (Å²) in [5.74, 6) is 0.252. The van der Waals surface area contributed by atoms with Crippen LogP contribution in [-0.4, -0.2) is 211 Å². The number of urea groups is 2. The van der Waals surface area contributed by atoms with Crippen LogP contribution < -0.4 is 81.5 Å². The van der Waals surface area contributed by atoms with Gasteiger partial charge in [-0.05, 0) is 173 Å². The Morgan fingerprint density at radius 3 is 1.53 bits per heavy atom. The lowest BCUT2D eigenvalue weighted by Gasteiger charge is -2.51. The van der Waals surface area contributed by atoms with Gasteiger partial charge < -0.3 is 121 Å². The van der Waals surface area contributed by atoms with Crippen molar-refractivity contribution in [3.63, 3.8) is 0 Å². The molecule has 13 N–H and O–H groups in total. The number of methoxy groups -OCH3 is 4. The second-order valence-corrected chi connectivity index (χ2v) is 31.9. The van der Waals surface area contributed by atoms with Gasteiger partial charge in [0.1, 0.15) is 61.7 Å². The van der Waals surface area contributed by atoms with E-state index in [1.54, 1.807) is 46.6 Å². The summed E-state index contributed by atoms with van der Waals surface area (Å²) in [6.45, 7) is 14.7. The van der Waals surface area contributed by atoms with Gasteiger partial charge in [0.05, 0.1) is 77.6 Å². The Bertz CT molecular complexity index is 4850. The molecule has 34 heteroatoms. The minimum Gasteiger partial charge on any atom is -0.543 e. The molecular formula is C88H109N13O19S2. The number of β-lactam (4-membered cyclic amide) rings is 1. The van der Waals surface area contributed by atoms with Crippen molar-refractivity contribution in [2.75, 3.05) is 141 Å². The van der Waals surface area contributed by atoms with Gasteiger partial charge in [0.25, 0.3) is 0 Å². The number of phenols is 2. The number of fused-ring (bicyclic) bond motifs is 1. The molecule has 8 aromatic rings. The van der Waals surface area contributed by atoms with Gasteiger partial charge in [0, 0.05) is 97.4 Å². The van der Waals surface area contributed by atoms with Crippen molar-refractivity contribution in [1.82, 2.24) is 30.3 Å². The molecule has 5 aliphatic heterocycles. The van der Waals surface area contributed by atoms with Crippen LogP contribution in [-0.2, 0) is 50.4 Å². The Kier molecular flexibility index (Phi) is 34.3. The number of rotatable bonds is 36. The minimum atomic E-state index is -1.77. The van der Waals surface area contributed by atoms with Crippen LogP contribution in [0.1, 0.15) is 86.7 Å². The zero-order valence-electron chi connectivity index (χ0n) is 69.4. The average Bonchev–Trinajstić information content (AvgIpc) is 0.865. The van der Waals surface area contributed by atoms with Crippen LogP contribution in [0.2, 0.25) is 0 Å². The molecule has 0 aliphatic carbocycles. The zero-order valence-corrected chi connectivity index (χ0v) is 71.1. The molecule has 0 radical (unpaired) electrons. The average molecular weight is 1720 g/mol. The standard InChI is InChI=1S/C31H37N7O10S2.C29H35N3O5.C22H23NO4.C6H14N2/c1-31(2,28(45)46)48-36-23(19-15-50-29(32)35-19)22(41)12-18-25(42)37-24(27(43)44)16(14-49-26(18)37)13-38(8-3-4-9-38)10-7-33-30(47)34-17-5-6-20(39)21(40)11-17;1-34-25-10-5-22(6-11-25)20-36-27-14-9-24(31-29(33)30-15-18-32-16-3-4-17-32)19-28(27)37-21-23-7-12-26(35-2)13-8-23;1-24-19-8-3-16(4-9-19)14-26-21-12-7-18(23)13-22(21)27-15-17-5-10-20(25-2)11-6-17;7-3-6-8-4-1-2-5-8/h5-6,11,15,18,26H,3-4,7-10,12-14H2,1-2H3,(H7-,32,33,34,35,36,39,40,41,43,44,45,46,47);5-14,19H,3-4,15-18,20-21H2,1-2H3,(H2,30,31,33);3-13H,14-15,23H2,1-2H3;1-7H2. The zero-order chi connectivity index (χ0) is 87.1. The van der Waals surface area contributed by atoms with Crippen LogP contribution in [0.25, 0.3) is 0 Å². The van der Waals surface area contributed by atoms with Gasteiger partial charge in [0.15, 0.2) is 51.1 Å². The predicted octanol–water partition coefficient (Wildman–Crippen LogP) is 10.2. The lowest BCUT2D eigenvalue weighted by atomic mass is 9.89. The highest BCUT2D eigenvalue weighted by Gasteiger charge is 2.54. The number of Topliss-reactive ketones (excluding diaryl/α,β-unsaturated/α-hetero) is 1. The van der Waals surface area contributed by atoms with E-state index in [4.69, 9.17) is 59.9 Å². The third kappa shape index (κ3) is 27.1. The molecule has 4 saturated heterocycles. The second kappa shape index (κ2) is 45.4. The molecule has 6 heterocycles. The highest BCUT2D eigenvalue weighted by atomic mass is 32.2. The lowest BCUT2D eigenvalue weighted by Crippen LogP contribution is -2.64. The van der Waals surface area contributed by atoms with Crippen molar-refractivity contribution in [1.29, 1.82) is 0 Å². The summed E-state index contributed by atoms with van der Waals surface area (Å²) in [5, 5.41) is 57.0. The van der Waals surface area contributed by atoms with Crippen LogP contribution in [0.4, 0.5) is 31.8 Å². The maximum atomic E-state index is 13.5. The topological polar surface area (TPSA) is 430 Å². The van der Waals surface area contributed by atoms with Gasteiger partial charge in [-0.25, -0.2) is 19.4 Å². The third-order valence-electron chi connectivity index (χ3n) is 20.8. The number of likely N-dealkylation sites (tertiary alicyclic amines) is 3. The fraction of sp³-hybridized carbons (Fsp3) is 0.386. The van der Waals surface area contributed by atoms with E-state index in [-0.39, 0.29) is 64.2 Å². The molecule has 2 unspecified atom stereocenters. The second-order valence-electron chi connectivity index (χ2n) is 29.9. The van der Waals surface area contributed by atoms with E-state index >= 15 is 0 Å². The number of ether oxygens (including phenoxy) is 8. The fourth-order valence-corrected chi connectivity index (χ4v) is 15.9. The molecule has 122 heavy (non-hydrogen) atoms. The molecule has 5 amide bonds. The number of carbonyl (C=O) groups is 6. The number of quaternary nitrogens is 1. The number of carboxylic acids is 2. The summed E-state index contributed by atoms with van der Waals surface area (Å²) < 4.78 is 45.4. The molecule has 13 rings (SSSR count). The number of aliphatic carboxylic acids is 2. The van der Waals surface area contributed by atoms with Crippen LogP contribution in [0, 0.1) is 5.92 Å².